The molecule has 0 heterocycles. The van der Waals surface area contributed by atoms with Gasteiger partial charge in [0.1, 0.15) is 15.6 Å². The first-order valence-corrected chi connectivity index (χ1v) is 13.1. The summed E-state index contributed by atoms with van der Waals surface area (Å²) in [5, 5.41) is 0. The lowest BCUT2D eigenvalue weighted by molar-refractivity contribution is -0.929. The first kappa shape index (κ1) is 30.0. The Morgan fingerprint density at radius 1 is 0.714 bits per heavy atom. The first-order chi connectivity index (χ1) is 13.3. The lowest BCUT2D eigenvalue weighted by Gasteiger charge is -2.39. The number of hydrogen-bond acceptors (Lipinski definition) is 4. The molecule has 172 valence electrons. The van der Waals surface area contributed by atoms with Crippen molar-refractivity contribution in [2.75, 3.05) is 32.8 Å². The van der Waals surface area contributed by atoms with Gasteiger partial charge in [0.15, 0.2) is 0 Å². The van der Waals surface area contributed by atoms with Crippen LogP contribution in [0.5, 0.6) is 0 Å². The molecule has 5 nitrogen and oxygen atoms in total. The molecule has 0 saturated heterocycles. The van der Waals surface area contributed by atoms with Gasteiger partial charge in [-0.15, -0.1) is 0 Å². The van der Waals surface area contributed by atoms with Gasteiger partial charge in [-0.1, -0.05) is 66.7 Å². The molecule has 1 atom stereocenters. The Labute approximate surface area is 176 Å². The molecule has 6 heteroatoms. The van der Waals surface area contributed by atoms with Crippen LogP contribution in [0.15, 0.2) is 0 Å². The predicted molar refractivity (Wildman–Crippen MR) is 119 cm³/mol. The van der Waals surface area contributed by atoms with Gasteiger partial charge in [0.05, 0.1) is 26.2 Å². The Morgan fingerprint density at radius 3 is 1.29 bits per heavy atom. The molecule has 0 aliphatic carbocycles. The molecule has 0 N–H and O–H groups in total. The van der Waals surface area contributed by atoms with E-state index in [1.54, 1.807) is 13.8 Å². The summed E-state index contributed by atoms with van der Waals surface area (Å²) in [7, 11) is -4.26. The predicted octanol–water partition coefficient (Wildman–Crippen LogP) is 5.70. The minimum atomic E-state index is -4.26. The van der Waals surface area contributed by atoms with Crippen LogP contribution in [0, 0.1) is 0 Å². The van der Waals surface area contributed by atoms with E-state index in [0.29, 0.717) is 6.42 Å². The Hall–Kier alpha value is -0.170. The van der Waals surface area contributed by atoms with Crippen molar-refractivity contribution in [3.05, 3.63) is 0 Å². The summed E-state index contributed by atoms with van der Waals surface area (Å²) in [4.78, 5) is 0. The van der Waals surface area contributed by atoms with Gasteiger partial charge in [0.25, 0.3) is 0 Å². The number of quaternary nitrogens is 1. The van der Waals surface area contributed by atoms with Gasteiger partial charge < -0.3 is 13.8 Å². The van der Waals surface area contributed by atoms with E-state index in [9.17, 15) is 13.0 Å². The molecule has 1 unspecified atom stereocenters. The molecular weight excluding hydrogens is 374 g/mol. The van der Waals surface area contributed by atoms with E-state index in [-0.39, 0.29) is 13.0 Å². The van der Waals surface area contributed by atoms with Crippen LogP contribution in [0.1, 0.15) is 106 Å². The summed E-state index contributed by atoms with van der Waals surface area (Å²) in [6.45, 7) is 18.7. The number of rotatable bonds is 17. The van der Waals surface area contributed by atoms with Gasteiger partial charge in [-0.25, -0.2) is 8.42 Å². The zero-order chi connectivity index (χ0) is 21.9. The highest BCUT2D eigenvalue weighted by Crippen LogP contribution is 2.16. The lowest BCUT2D eigenvalue weighted by atomic mass is 10.1. The fourth-order valence-corrected chi connectivity index (χ4v) is 4.20. The molecule has 0 rings (SSSR count). The molecular formula is C22H49NO4S. The van der Waals surface area contributed by atoms with Crippen molar-refractivity contribution in [1.82, 2.24) is 0 Å². The van der Waals surface area contributed by atoms with Crippen LogP contribution in [0.2, 0.25) is 0 Å². The molecule has 0 aromatic heterocycles. The second kappa shape index (κ2) is 18.8. The van der Waals surface area contributed by atoms with Crippen molar-refractivity contribution < 1.29 is 22.2 Å². The van der Waals surface area contributed by atoms with Crippen molar-refractivity contribution >= 4 is 10.1 Å². The summed E-state index contributed by atoms with van der Waals surface area (Å²) in [6, 6.07) is 0. The average molecular weight is 424 g/mol. The SMILES string of the molecule is CCCC(OCC)S(=O)(=O)[O-].CCCC[N+](CCCC)(CCCC)CCCC. The highest BCUT2D eigenvalue weighted by molar-refractivity contribution is 7.86. The van der Waals surface area contributed by atoms with Crippen LogP contribution in [-0.2, 0) is 14.9 Å². The van der Waals surface area contributed by atoms with Crippen LogP contribution in [0.25, 0.3) is 0 Å². The Morgan fingerprint density at radius 2 is 1.07 bits per heavy atom. The van der Waals surface area contributed by atoms with Crippen LogP contribution in [-0.4, -0.2) is 55.7 Å². The fraction of sp³-hybridized carbons (Fsp3) is 1.00. The van der Waals surface area contributed by atoms with Gasteiger partial charge in [0.2, 0.25) is 0 Å². The molecule has 0 spiro atoms. The van der Waals surface area contributed by atoms with Gasteiger partial charge in [0, 0.05) is 6.61 Å². The van der Waals surface area contributed by atoms with E-state index in [4.69, 9.17) is 4.74 Å². The second-order valence-electron chi connectivity index (χ2n) is 7.82. The van der Waals surface area contributed by atoms with Gasteiger partial charge >= 0.3 is 0 Å². The quantitative estimate of drug-likeness (QED) is 0.222. The van der Waals surface area contributed by atoms with Crippen LogP contribution in [0.3, 0.4) is 0 Å². The number of hydrogen-bond donors (Lipinski definition) is 0. The fourth-order valence-electron chi connectivity index (χ4n) is 3.38. The highest BCUT2D eigenvalue weighted by Gasteiger charge is 2.24. The third kappa shape index (κ3) is 15.7. The van der Waals surface area contributed by atoms with Crippen molar-refractivity contribution in [3.8, 4) is 0 Å². The van der Waals surface area contributed by atoms with Gasteiger partial charge in [-0.05, 0) is 39.0 Å². The molecule has 0 radical (unpaired) electrons. The average Bonchev–Trinajstić information content (AvgIpc) is 2.66. The van der Waals surface area contributed by atoms with E-state index in [0.717, 1.165) is 0 Å². The van der Waals surface area contributed by atoms with E-state index in [1.165, 1.54) is 82.0 Å². The zero-order valence-corrected chi connectivity index (χ0v) is 20.5. The normalized spacial score (nSPS) is 13.1. The van der Waals surface area contributed by atoms with E-state index >= 15 is 0 Å². The van der Waals surface area contributed by atoms with Crippen LogP contribution in [0.4, 0.5) is 0 Å². The van der Waals surface area contributed by atoms with Crippen molar-refractivity contribution in [2.24, 2.45) is 0 Å². The Bertz CT molecular complexity index is 383. The molecule has 0 aromatic carbocycles. The topological polar surface area (TPSA) is 66.4 Å². The maximum absolute atomic E-state index is 10.4. The molecule has 0 bridgehead atoms. The van der Waals surface area contributed by atoms with E-state index in [2.05, 4.69) is 27.7 Å². The number of unbranched alkanes of at least 4 members (excludes halogenated alkanes) is 4. The Kier molecular flexibility index (Phi) is 20.2. The summed E-state index contributed by atoms with van der Waals surface area (Å²) in [5.74, 6) is 0. The molecule has 0 aromatic rings. The van der Waals surface area contributed by atoms with E-state index < -0.39 is 15.6 Å². The third-order valence-electron chi connectivity index (χ3n) is 5.14. The molecule has 0 amide bonds. The minimum absolute atomic E-state index is 0.256. The van der Waals surface area contributed by atoms with Crippen molar-refractivity contribution in [1.29, 1.82) is 0 Å². The lowest BCUT2D eigenvalue weighted by Crippen LogP contribution is -2.50. The Balaban J connectivity index is 0. The summed E-state index contributed by atoms with van der Waals surface area (Å²) in [6.07, 6.45) is 12.0. The largest absolute Gasteiger partial charge is 0.746 e. The van der Waals surface area contributed by atoms with Crippen LogP contribution < -0.4 is 0 Å². The number of nitrogens with zero attached hydrogens (tertiary/aromatic N) is 1. The maximum Gasteiger partial charge on any atom is 0.147 e. The summed E-state index contributed by atoms with van der Waals surface area (Å²) >= 11 is 0. The summed E-state index contributed by atoms with van der Waals surface area (Å²) in [5.41, 5.74) is -1.16. The molecule has 0 aliphatic rings. The molecule has 0 fully saturated rings. The van der Waals surface area contributed by atoms with E-state index in [1.807, 2.05) is 0 Å². The first-order valence-electron chi connectivity index (χ1n) is 11.7. The van der Waals surface area contributed by atoms with Crippen molar-refractivity contribution in [2.45, 2.75) is 111 Å². The molecule has 0 aliphatic heterocycles. The maximum atomic E-state index is 10.4. The highest BCUT2D eigenvalue weighted by atomic mass is 32.2. The standard InChI is InChI=1S/C16H36N.C6H14O4S/c1-5-9-13-17(14-10-6-2,15-11-7-3)16-12-8-4;1-3-5-6(10-4-2)11(7,8)9/h5-16H2,1-4H3;6H,3-5H2,1-2H3,(H,7,8,9)/q+1;/p-1. The zero-order valence-electron chi connectivity index (χ0n) is 19.7. The second-order valence-corrected chi connectivity index (χ2v) is 9.33. The molecule has 28 heavy (non-hydrogen) atoms. The van der Waals surface area contributed by atoms with Crippen molar-refractivity contribution in [3.63, 3.8) is 0 Å². The third-order valence-corrected chi connectivity index (χ3v) is 6.16. The van der Waals surface area contributed by atoms with Gasteiger partial charge in [-0.2, -0.15) is 0 Å². The molecule has 0 saturated carbocycles. The minimum Gasteiger partial charge on any atom is -0.746 e. The van der Waals surface area contributed by atoms with Gasteiger partial charge in [-0.3, -0.25) is 0 Å². The monoisotopic (exact) mass is 423 g/mol. The smallest absolute Gasteiger partial charge is 0.147 e. The summed E-state index contributed by atoms with van der Waals surface area (Å²) < 4.78 is 37.5. The van der Waals surface area contributed by atoms with Crippen LogP contribution >= 0.6 is 0 Å². The number of ether oxygens (including phenoxy) is 1.